The number of methoxy groups -OCH3 is 1. The zero-order valence-corrected chi connectivity index (χ0v) is 21.5. The number of nitrogens with one attached hydrogen (secondary N) is 2. The van der Waals surface area contributed by atoms with Crippen LogP contribution >= 0.6 is 0 Å². The molecule has 3 aromatic rings. The van der Waals surface area contributed by atoms with Gasteiger partial charge in [0.2, 0.25) is 15.8 Å². The molecule has 2 aromatic heterocycles. The molecule has 4 rings (SSSR count). The fraction of sp³-hybridized carbons (Fsp3) is 0.458. The first-order valence-corrected chi connectivity index (χ1v) is 13.7. The summed E-state index contributed by atoms with van der Waals surface area (Å²) in [5.41, 5.74) is 2.54. The fourth-order valence-corrected chi connectivity index (χ4v) is 4.97. The van der Waals surface area contributed by atoms with Crippen LogP contribution in [0.5, 0.6) is 5.75 Å². The Bertz CT molecular complexity index is 1330. The monoisotopic (exact) mass is 513 g/mol. The molecule has 192 valence electrons. The van der Waals surface area contributed by atoms with E-state index in [2.05, 4.69) is 30.4 Å². The topological polar surface area (TPSA) is 141 Å². The maximum absolute atomic E-state index is 12.8. The summed E-state index contributed by atoms with van der Waals surface area (Å²) in [6, 6.07) is 11.0. The van der Waals surface area contributed by atoms with Gasteiger partial charge in [0.05, 0.1) is 19.9 Å². The first-order valence-electron chi connectivity index (χ1n) is 11.8. The molecule has 1 aliphatic carbocycles. The first kappa shape index (κ1) is 25.7. The summed E-state index contributed by atoms with van der Waals surface area (Å²) in [5, 5.41) is 15.8. The maximum atomic E-state index is 12.8. The second kappa shape index (κ2) is 11.1. The van der Waals surface area contributed by atoms with E-state index in [0.717, 1.165) is 30.6 Å². The minimum absolute atomic E-state index is 0.279. The molecule has 1 amide bonds. The SMILES string of the molecule is COc1cccc(CNC(=O)c2cc(-c3nnn(C[C@@H]4CC[C@H](CNS(C)(=O)=O)C4)n3)cc(C)n2)c1. The average molecular weight is 514 g/mol. The van der Waals surface area contributed by atoms with E-state index in [1.807, 2.05) is 37.3 Å². The summed E-state index contributed by atoms with van der Waals surface area (Å²) < 4.78 is 30.5. The van der Waals surface area contributed by atoms with Crippen molar-refractivity contribution in [1.29, 1.82) is 0 Å². The van der Waals surface area contributed by atoms with Crippen molar-refractivity contribution in [3.05, 3.63) is 53.3 Å². The van der Waals surface area contributed by atoms with E-state index >= 15 is 0 Å². The van der Waals surface area contributed by atoms with Gasteiger partial charge in [-0.15, -0.1) is 10.2 Å². The molecule has 1 saturated carbocycles. The number of tetrazole rings is 1. The molecule has 1 aromatic carbocycles. The predicted octanol–water partition coefficient (Wildman–Crippen LogP) is 1.95. The summed E-state index contributed by atoms with van der Waals surface area (Å²) >= 11 is 0. The zero-order valence-electron chi connectivity index (χ0n) is 20.6. The van der Waals surface area contributed by atoms with Gasteiger partial charge >= 0.3 is 0 Å². The number of carbonyl (C=O) groups excluding carboxylic acids is 1. The Morgan fingerprint density at radius 1 is 1.19 bits per heavy atom. The first-order chi connectivity index (χ1) is 17.2. The van der Waals surface area contributed by atoms with Crippen molar-refractivity contribution in [3.63, 3.8) is 0 Å². The zero-order chi connectivity index (χ0) is 25.7. The van der Waals surface area contributed by atoms with Crippen LogP contribution < -0.4 is 14.8 Å². The van der Waals surface area contributed by atoms with E-state index in [0.29, 0.717) is 48.6 Å². The molecule has 0 saturated heterocycles. The van der Waals surface area contributed by atoms with Crippen molar-refractivity contribution in [3.8, 4) is 17.1 Å². The Hall–Kier alpha value is -3.38. The van der Waals surface area contributed by atoms with Crippen molar-refractivity contribution in [2.75, 3.05) is 19.9 Å². The number of carbonyl (C=O) groups is 1. The van der Waals surface area contributed by atoms with Gasteiger partial charge in [-0.2, -0.15) is 4.80 Å². The standard InChI is InChI=1S/C24H31N7O4S/c1-16-9-20(12-22(27-16)24(32)25-13-17-5-4-6-21(11-17)35-2)23-28-30-31(29-23)15-19-8-7-18(10-19)14-26-36(3,33)34/h4-6,9,11-12,18-19,26H,7-8,10,13-15H2,1-3H3,(H,25,32)/t18-,19+/m0/s1. The molecule has 0 spiro atoms. The van der Waals surface area contributed by atoms with Gasteiger partial charge in [0.25, 0.3) is 5.91 Å². The van der Waals surface area contributed by atoms with Crippen LogP contribution in [0.25, 0.3) is 11.4 Å². The smallest absolute Gasteiger partial charge is 0.270 e. The van der Waals surface area contributed by atoms with E-state index < -0.39 is 10.0 Å². The Labute approximate surface area is 210 Å². The number of rotatable bonds is 10. The molecule has 1 aliphatic rings. The van der Waals surface area contributed by atoms with Gasteiger partial charge in [-0.05, 0) is 73.1 Å². The number of aromatic nitrogens is 5. The normalized spacial score (nSPS) is 17.8. The third kappa shape index (κ3) is 7.08. The highest BCUT2D eigenvalue weighted by Crippen LogP contribution is 2.31. The molecule has 12 heteroatoms. The molecule has 11 nitrogen and oxygen atoms in total. The van der Waals surface area contributed by atoms with Gasteiger partial charge in [-0.25, -0.2) is 18.1 Å². The number of benzene rings is 1. The van der Waals surface area contributed by atoms with Crippen molar-refractivity contribution in [2.24, 2.45) is 11.8 Å². The van der Waals surface area contributed by atoms with Crippen LogP contribution in [0.1, 0.15) is 41.0 Å². The highest BCUT2D eigenvalue weighted by Gasteiger charge is 2.26. The average Bonchev–Trinajstić information content (AvgIpc) is 3.50. The summed E-state index contributed by atoms with van der Waals surface area (Å²) in [5.74, 6) is 1.53. The van der Waals surface area contributed by atoms with Crippen molar-refractivity contribution < 1.29 is 17.9 Å². The largest absolute Gasteiger partial charge is 0.497 e. The minimum atomic E-state index is -3.18. The number of aryl methyl sites for hydroxylation is 1. The number of amides is 1. The van der Waals surface area contributed by atoms with Crippen molar-refractivity contribution >= 4 is 15.9 Å². The van der Waals surface area contributed by atoms with Crippen molar-refractivity contribution in [2.45, 2.75) is 39.3 Å². The van der Waals surface area contributed by atoms with Crippen molar-refractivity contribution in [1.82, 2.24) is 35.2 Å². The number of nitrogens with zero attached hydrogens (tertiary/aromatic N) is 5. The molecular weight excluding hydrogens is 482 g/mol. The molecule has 0 bridgehead atoms. The Kier molecular flexibility index (Phi) is 7.94. The van der Waals surface area contributed by atoms with Crippen LogP contribution in [0.3, 0.4) is 0 Å². The molecule has 0 unspecified atom stereocenters. The van der Waals surface area contributed by atoms with E-state index in [9.17, 15) is 13.2 Å². The van der Waals surface area contributed by atoms with E-state index in [-0.39, 0.29) is 11.6 Å². The summed E-state index contributed by atoms with van der Waals surface area (Å²) in [7, 11) is -1.58. The van der Waals surface area contributed by atoms with E-state index in [1.54, 1.807) is 18.0 Å². The van der Waals surface area contributed by atoms with Crippen LogP contribution in [-0.4, -0.2) is 59.4 Å². The fourth-order valence-electron chi connectivity index (χ4n) is 4.44. The lowest BCUT2D eigenvalue weighted by molar-refractivity contribution is 0.0945. The minimum Gasteiger partial charge on any atom is -0.497 e. The molecule has 36 heavy (non-hydrogen) atoms. The molecule has 0 aliphatic heterocycles. The number of sulfonamides is 1. The Balaban J connectivity index is 1.37. The van der Waals surface area contributed by atoms with Gasteiger partial charge in [0.1, 0.15) is 11.4 Å². The number of pyridine rings is 1. The Morgan fingerprint density at radius 3 is 2.78 bits per heavy atom. The molecule has 0 radical (unpaired) electrons. The third-order valence-corrected chi connectivity index (χ3v) is 6.88. The quantitative estimate of drug-likeness (QED) is 0.419. The van der Waals surface area contributed by atoms with Crippen LogP contribution in [0.2, 0.25) is 0 Å². The summed E-state index contributed by atoms with van der Waals surface area (Å²) in [6.45, 7) is 3.23. The molecule has 1 fully saturated rings. The lowest BCUT2D eigenvalue weighted by atomic mass is 10.1. The lowest BCUT2D eigenvalue weighted by Crippen LogP contribution is -2.27. The van der Waals surface area contributed by atoms with Crippen LogP contribution in [-0.2, 0) is 23.1 Å². The van der Waals surface area contributed by atoms with Gasteiger partial charge < -0.3 is 10.1 Å². The number of hydrogen-bond donors (Lipinski definition) is 2. The predicted molar refractivity (Wildman–Crippen MR) is 134 cm³/mol. The second-order valence-electron chi connectivity index (χ2n) is 9.25. The molecule has 2 N–H and O–H groups in total. The van der Waals surface area contributed by atoms with Crippen LogP contribution in [0.15, 0.2) is 36.4 Å². The van der Waals surface area contributed by atoms with E-state index in [1.165, 1.54) is 6.26 Å². The summed E-state index contributed by atoms with van der Waals surface area (Å²) in [4.78, 5) is 18.7. The maximum Gasteiger partial charge on any atom is 0.270 e. The van der Waals surface area contributed by atoms with Crippen LogP contribution in [0.4, 0.5) is 0 Å². The lowest BCUT2D eigenvalue weighted by Gasteiger charge is -2.11. The third-order valence-electron chi connectivity index (χ3n) is 6.19. The molecule has 2 atom stereocenters. The van der Waals surface area contributed by atoms with Gasteiger partial charge in [0, 0.05) is 24.3 Å². The molecular formula is C24H31N7O4S. The number of hydrogen-bond acceptors (Lipinski definition) is 8. The second-order valence-corrected chi connectivity index (χ2v) is 11.1. The Morgan fingerprint density at radius 2 is 2.00 bits per heavy atom. The highest BCUT2D eigenvalue weighted by molar-refractivity contribution is 7.88. The van der Waals surface area contributed by atoms with E-state index in [4.69, 9.17) is 4.74 Å². The highest BCUT2D eigenvalue weighted by atomic mass is 32.2. The number of ether oxygens (including phenoxy) is 1. The van der Waals surface area contributed by atoms with Gasteiger partial charge in [-0.1, -0.05) is 12.1 Å². The summed E-state index contributed by atoms with van der Waals surface area (Å²) in [6.07, 6.45) is 4.04. The van der Waals surface area contributed by atoms with Gasteiger partial charge in [-0.3, -0.25) is 4.79 Å². The van der Waals surface area contributed by atoms with Gasteiger partial charge in [0.15, 0.2) is 0 Å². The molecule has 2 heterocycles. The van der Waals surface area contributed by atoms with Crippen LogP contribution in [0, 0.1) is 18.8 Å².